The molecule has 1 aliphatic heterocycles. The summed E-state index contributed by atoms with van der Waals surface area (Å²) in [4.78, 5) is 12.5. The normalized spacial score (nSPS) is 57.9. The molecule has 3 nitrogen and oxygen atoms in total. The Kier molecular flexibility index (Phi) is 0.796. The summed E-state index contributed by atoms with van der Waals surface area (Å²) < 4.78 is 0. The van der Waals surface area contributed by atoms with Gasteiger partial charge in [-0.1, -0.05) is 0 Å². The van der Waals surface area contributed by atoms with Gasteiger partial charge in [-0.05, 0) is 19.3 Å². The van der Waals surface area contributed by atoms with Crippen LogP contribution in [0, 0.1) is 5.41 Å². The van der Waals surface area contributed by atoms with Crippen LogP contribution < -0.4 is 5.73 Å². The summed E-state index contributed by atoms with van der Waals surface area (Å²) in [7, 11) is 0. The molecular formula is C8H12N2O. The smallest absolute Gasteiger partial charge is 0.210 e. The maximum Gasteiger partial charge on any atom is 0.210 e. The highest BCUT2D eigenvalue weighted by Gasteiger charge is 2.74. The lowest BCUT2D eigenvalue weighted by Crippen LogP contribution is -2.88. The predicted octanol–water partition coefficient (Wildman–Crippen LogP) is -0.293. The number of nitrogens with two attached hydrogens (primary N) is 1. The van der Waals surface area contributed by atoms with E-state index in [1.165, 1.54) is 12.8 Å². The molecule has 2 aliphatic carbocycles. The number of piperidine rings is 2. The molecular weight excluding hydrogens is 140 g/mol. The maximum absolute atomic E-state index is 10.6. The van der Waals surface area contributed by atoms with E-state index < -0.39 is 0 Å². The Morgan fingerprint density at radius 3 is 2.73 bits per heavy atom. The highest BCUT2D eigenvalue weighted by Crippen LogP contribution is 2.66. The second kappa shape index (κ2) is 1.46. The molecule has 3 fully saturated rings. The van der Waals surface area contributed by atoms with Gasteiger partial charge in [0.05, 0.1) is 0 Å². The van der Waals surface area contributed by atoms with Gasteiger partial charge in [-0.25, -0.2) is 0 Å². The minimum absolute atomic E-state index is 0.391. The van der Waals surface area contributed by atoms with Gasteiger partial charge in [0.1, 0.15) is 0 Å². The summed E-state index contributed by atoms with van der Waals surface area (Å²) in [6, 6.07) is 1.44. The fourth-order valence-corrected chi connectivity index (χ4v) is 3.30. The van der Waals surface area contributed by atoms with Crippen molar-refractivity contribution in [3.8, 4) is 0 Å². The topological polar surface area (TPSA) is 46.3 Å². The molecule has 1 saturated heterocycles. The van der Waals surface area contributed by atoms with Crippen molar-refractivity contribution >= 4 is 6.41 Å². The van der Waals surface area contributed by atoms with E-state index in [-0.39, 0.29) is 0 Å². The quantitative estimate of drug-likeness (QED) is 0.525. The standard InChI is InChI=1S/C8H12N2O/c9-5-3-7-8(5)2-1-6(8)10(7)4-11/h4-7H,1-3,9H2. The van der Waals surface area contributed by atoms with Crippen molar-refractivity contribution in [3.05, 3.63) is 0 Å². The molecule has 3 aliphatic rings. The van der Waals surface area contributed by atoms with Crippen molar-refractivity contribution in [2.24, 2.45) is 11.1 Å². The van der Waals surface area contributed by atoms with Gasteiger partial charge in [0.15, 0.2) is 0 Å². The summed E-state index contributed by atoms with van der Waals surface area (Å²) in [6.45, 7) is 0. The number of nitrogens with zero attached hydrogens (tertiary/aromatic N) is 1. The maximum atomic E-state index is 10.6. The molecule has 2 saturated carbocycles. The molecule has 0 bridgehead atoms. The van der Waals surface area contributed by atoms with E-state index in [9.17, 15) is 4.79 Å². The van der Waals surface area contributed by atoms with Gasteiger partial charge in [-0.2, -0.15) is 0 Å². The molecule has 0 aromatic rings. The summed E-state index contributed by atoms with van der Waals surface area (Å²) in [5.41, 5.74) is 6.32. The first-order valence-electron chi connectivity index (χ1n) is 4.29. The highest BCUT2D eigenvalue weighted by molar-refractivity contribution is 5.56. The summed E-state index contributed by atoms with van der Waals surface area (Å²) >= 11 is 0. The lowest BCUT2D eigenvalue weighted by molar-refractivity contribution is -0.259. The summed E-state index contributed by atoms with van der Waals surface area (Å²) in [5, 5.41) is 0. The van der Waals surface area contributed by atoms with Crippen molar-refractivity contribution < 1.29 is 4.79 Å². The number of carbonyl (C=O) groups excluding carboxylic acids is 1. The lowest BCUT2D eigenvalue weighted by Gasteiger charge is -2.78. The van der Waals surface area contributed by atoms with Crippen LogP contribution in [0.3, 0.4) is 0 Å². The van der Waals surface area contributed by atoms with E-state index >= 15 is 0 Å². The van der Waals surface area contributed by atoms with Crippen LogP contribution in [0.1, 0.15) is 19.3 Å². The zero-order valence-corrected chi connectivity index (χ0v) is 6.36. The van der Waals surface area contributed by atoms with Crippen LogP contribution in [0.15, 0.2) is 0 Å². The minimum Gasteiger partial charge on any atom is -0.338 e. The zero-order chi connectivity index (χ0) is 7.64. The van der Waals surface area contributed by atoms with E-state index in [0.29, 0.717) is 23.5 Å². The summed E-state index contributed by atoms with van der Waals surface area (Å²) in [5.74, 6) is 0. The number of amides is 1. The fraction of sp³-hybridized carbons (Fsp3) is 0.875. The average molecular weight is 152 g/mol. The minimum atomic E-state index is 0.391. The zero-order valence-electron chi connectivity index (χ0n) is 6.36. The fourth-order valence-electron chi connectivity index (χ4n) is 3.30. The second-order valence-electron chi connectivity index (χ2n) is 4.08. The van der Waals surface area contributed by atoms with Crippen LogP contribution in [0.4, 0.5) is 0 Å². The molecule has 0 radical (unpaired) electrons. The third-order valence-corrected chi connectivity index (χ3v) is 4.10. The van der Waals surface area contributed by atoms with E-state index in [1.807, 2.05) is 4.90 Å². The van der Waals surface area contributed by atoms with Crippen molar-refractivity contribution in [2.45, 2.75) is 37.4 Å². The first-order chi connectivity index (χ1) is 5.30. The lowest BCUT2D eigenvalue weighted by atomic mass is 9.40. The Bertz CT molecular complexity index is 222. The molecule has 1 amide bonds. The van der Waals surface area contributed by atoms with Crippen LogP contribution in [-0.2, 0) is 4.79 Å². The molecule has 0 aromatic heterocycles. The van der Waals surface area contributed by atoms with E-state index in [4.69, 9.17) is 5.73 Å². The number of carbonyl (C=O) groups is 1. The van der Waals surface area contributed by atoms with E-state index in [0.717, 1.165) is 12.8 Å². The Morgan fingerprint density at radius 2 is 2.36 bits per heavy atom. The molecule has 4 unspecified atom stereocenters. The molecule has 4 atom stereocenters. The number of hydrogen-bond donors (Lipinski definition) is 1. The predicted molar refractivity (Wildman–Crippen MR) is 39.7 cm³/mol. The largest absolute Gasteiger partial charge is 0.338 e. The van der Waals surface area contributed by atoms with Crippen molar-refractivity contribution in [1.82, 2.24) is 4.90 Å². The number of hydrogen-bond acceptors (Lipinski definition) is 2. The van der Waals surface area contributed by atoms with Crippen molar-refractivity contribution in [1.29, 1.82) is 0 Å². The van der Waals surface area contributed by atoms with Gasteiger partial charge >= 0.3 is 0 Å². The number of likely N-dealkylation sites (tertiary alicyclic amines) is 1. The van der Waals surface area contributed by atoms with Gasteiger partial charge in [0.2, 0.25) is 6.41 Å². The molecule has 11 heavy (non-hydrogen) atoms. The third-order valence-electron chi connectivity index (χ3n) is 4.10. The highest BCUT2D eigenvalue weighted by atomic mass is 16.1. The Morgan fingerprint density at radius 1 is 1.55 bits per heavy atom. The molecule has 0 aromatic carbocycles. The molecule has 2 N–H and O–H groups in total. The summed E-state index contributed by atoms with van der Waals surface area (Å²) in [6.07, 6.45) is 4.48. The second-order valence-corrected chi connectivity index (χ2v) is 4.08. The Balaban J connectivity index is 1.89. The molecule has 3 rings (SSSR count). The van der Waals surface area contributed by atoms with Gasteiger partial charge in [-0.3, -0.25) is 4.79 Å². The molecule has 1 spiro atoms. The van der Waals surface area contributed by atoms with Gasteiger partial charge in [0.25, 0.3) is 0 Å². The van der Waals surface area contributed by atoms with Crippen LogP contribution in [-0.4, -0.2) is 29.4 Å². The van der Waals surface area contributed by atoms with Gasteiger partial charge < -0.3 is 10.6 Å². The van der Waals surface area contributed by atoms with Crippen molar-refractivity contribution in [3.63, 3.8) is 0 Å². The van der Waals surface area contributed by atoms with Crippen molar-refractivity contribution in [2.75, 3.05) is 0 Å². The van der Waals surface area contributed by atoms with E-state index in [1.54, 1.807) is 0 Å². The Labute approximate surface area is 65.5 Å². The van der Waals surface area contributed by atoms with Gasteiger partial charge in [0, 0.05) is 23.5 Å². The van der Waals surface area contributed by atoms with E-state index in [2.05, 4.69) is 0 Å². The Hall–Kier alpha value is -0.570. The molecule has 3 heteroatoms. The monoisotopic (exact) mass is 152 g/mol. The first-order valence-corrected chi connectivity index (χ1v) is 4.29. The number of rotatable bonds is 1. The van der Waals surface area contributed by atoms with Gasteiger partial charge in [-0.15, -0.1) is 0 Å². The first kappa shape index (κ1) is 6.00. The third kappa shape index (κ3) is 0.372. The molecule has 60 valence electrons. The van der Waals surface area contributed by atoms with Crippen LogP contribution >= 0.6 is 0 Å². The SMILES string of the molecule is NC1CC2N(C=O)C3CCC132. The van der Waals surface area contributed by atoms with Crippen LogP contribution in [0.5, 0.6) is 0 Å². The van der Waals surface area contributed by atoms with Crippen LogP contribution in [0.2, 0.25) is 0 Å². The van der Waals surface area contributed by atoms with Crippen LogP contribution in [0.25, 0.3) is 0 Å². The molecule has 1 heterocycles. The average Bonchev–Trinajstić information content (AvgIpc) is 1.93.